The quantitative estimate of drug-likeness (QED) is 0.0200. The molecule has 2 fully saturated rings. The van der Waals surface area contributed by atoms with Gasteiger partial charge < -0.3 is 126 Å². The van der Waals surface area contributed by atoms with Crippen molar-refractivity contribution in [3.8, 4) is 0 Å². The molecule has 2 heterocycles. The number of likely N-dealkylation sites (N-methyl/N-ethyl adjacent to an activating group) is 1. The maximum absolute atomic E-state index is 15.7. The molecule has 2 aliphatic heterocycles. The van der Waals surface area contributed by atoms with Crippen LogP contribution in [-0.2, 0) is 95.8 Å². The van der Waals surface area contributed by atoms with Crippen molar-refractivity contribution in [3.63, 3.8) is 0 Å². The number of nitrogens with two attached hydrogens (primary N) is 5. The lowest BCUT2D eigenvalue weighted by molar-refractivity contribution is -0.168. The van der Waals surface area contributed by atoms with Crippen LogP contribution in [0.3, 0.4) is 0 Å². The average Bonchev–Trinajstić information content (AvgIpc) is 0.833. The zero-order valence-electron chi connectivity index (χ0n) is 68.6. The maximum Gasteiger partial charge on any atom is 0.329 e. The van der Waals surface area contributed by atoms with Crippen molar-refractivity contribution < 1.29 is 126 Å². The minimum Gasteiger partial charge on any atom is -0.481 e. The summed E-state index contributed by atoms with van der Waals surface area (Å²) in [5.74, 6) is -30.9. The number of piperidine rings is 1. The molecule has 116 heavy (non-hydrogen) atoms. The fourth-order valence-corrected chi connectivity index (χ4v) is 13.5. The number of amides is 15. The highest BCUT2D eigenvalue weighted by Crippen LogP contribution is 2.28. The Hall–Kier alpha value is -9.78. The second-order valence-electron chi connectivity index (χ2n) is 31.3. The van der Waals surface area contributed by atoms with E-state index in [0.29, 0.717) is 6.42 Å². The standard InChI is InChI=1S/C74H126N16O26/c1-15-115-60(62(79)102)55-69(109)84-45(31-51(96)97)73(113)90-27-19-17-21-47(90)74(114)116-59(36(9)34(6)7)54(70(110)86-53(40(13)91)68(108)81-42(20-16-18-26-75)64(104)83-44(29-33(4)5)72(112)89(14)46(66(106)87-55)23-25-50(94)95)88-67(107)52(37(10)38(11)61(78)101)85-71(111)58(100)57(99)41(22-24-48(76)92)80-65(105)43(30-49(77)93)82-63(103)39(12)56(98)35(8)28-32(2)3/h32-47,52-60,91,98-100H,15-31,75H2,1-14H3,(H2,76,92)(H2,77,93)(H2,78,101)(H2,79,102)(H,80,105)(H,81,108)(H,82,103)(H,83,104)(H,84,109)(H,85,111)(H,86,110)(H,87,106)(H,88,107)(H,94,95)(H,96,97). The molecule has 0 spiro atoms. The summed E-state index contributed by atoms with van der Waals surface area (Å²) in [4.78, 5) is 256. The molecule has 25 N–H and O–H groups in total. The maximum atomic E-state index is 15.7. The number of aliphatic hydroxyl groups is 4. The summed E-state index contributed by atoms with van der Waals surface area (Å²) in [7, 11) is 1.04. The van der Waals surface area contributed by atoms with Crippen molar-refractivity contribution >= 4 is 107 Å². The van der Waals surface area contributed by atoms with Crippen molar-refractivity contribution in [1.29, 1.82) is 0 Å². The van der Waals surface area contributed by atoms with Gasteiger partial charge in [-0.2, -0.15) is 0 Å². The summed E-state index contributed by atoms with van der Waals surface area (Å²) in [5.41, 5.74) is 28.3. The van der Waals surface area contributed by atoms with Gasteiger partial charge in [0.25, 0.3) is 5.91 Å². The van der Waals surface area contributed by atoms with Crippen LogP contribution >= 0.6 is 0 Å². The molecule has 0 bridgehead atoms. The van der Waals surface area contributed by atoms with Crippen LogP contribution in [-0.4, -0.2) is 277 Å². The Kier molecular flexibility index (Phi) is 42.9. The van der Waals surface area contributed by atoms with Crippen LogP contribution in [0.1, 0.15) is 180 Å². The monoisotopic (exact) mass is 1650 g/mol. The van der Waals surface area contributed by atoms with Gasteiger partial charge in [0.05, 0.1) is 37.0 Å². The average molecular weight is 1660 g/mol. The fourth-order valence-electron chi connectivity index (χ4n) is 13.5. The number of carbonyl (C=O) groups excluding carboxylic acids is 16. The van der Waals surface area contributed by atoms with E-state index in [2.05, 4.69) is 47.9 Å². The van der Waals surface area contributed by atoms with Crippen LogP contribution in [0.25, 0.3) is 0 Å². The predicted molar refractivity (Wildman–Crippen MR) is 411 cm³/mol. The van der Waals surface area contributed by atoms with Crippen molar-refractivity contribution in [2.24, 2.45) is 76.0 Å². The zero-order valence-corrected chi connectivity index (χ0v) is 68.6. The second-order valence-corrected chi connectivity index (χ2v) is 31.3. The molecule has 22 atom stereocenters. The number of esters is 1. The molecule has 0 radical (unpaired) electrons. The first-order valence-corrected chi connectivity index (χ1v) is 39.1. The smallest absolute Gasteiger partial charge is 0.329 e. The Bertz CT molecular complexity index is 3440. The number of unbranched alkanes of at least 4 members (excludes halogenated alkanes) is 1. The molecule has 0 aromatic heterocycles. The van der Waals surface area contributed by atoms with E-state index in [1.54, 1.807) is 34.6 Å². The van der Waals surface area contributed by atoms with Crippen LogP contribution in [0, 0.1) is 47.3 Å². The number of rotatable bonds is 40. The molecule has 22 unspecified atom stereocenters. The minimum absolute atomic E-state index is 0.0503. The SMILES string of the molecule is CCOC(C(N)=O)C1NC(=O)C(CCC(=O)O)N(C)C(=O)C(CC(C)C)NC(=O)C(CCCCN)NC(=O)C(C(C)O)NC(=O)C(NC(=O)C(NC(=O)C(O)C(O)C(CCC(N)=O)NC(=O)C(CC(N)=O)NC(=O)C(C)C(O)C(C)CC(C)C)C(C)C(C)C(N)=O)C(C(C)C(C)C)OC(=O)C2CCCCN2C(=O)C(CC(=O)O)NC1=O. The van der Waals surface area contributed by atoms with E-state index < -0.39 is 303 Å². The predicted octanol–water partition coefficient (Wildman–Crippen LogP) is -6.14. The van der Waals surface area contributed by atoms with Gasteiger partial charge in [-0.3, -0.25) is 81.5 Å². The number of cyclic esters (lactones) is 1. The first kappa shape index (κ1) is 102. The van der Waals surface area contributed by atoms with Gasteiger partial charge in [0.15, 0.2) is 12.2 Å². The Morgan fingerprint density at radius 2 is 1.20 bits per heavy atom. The number of primary amides is 4. The number of ether oxygens (including phenoxy) is 2. The number of fused-ring (bicyclic) bond motifs is 1. The fraction of sp³-hybridized carbons (Fsp3) is 0.757. The topological polar surface area (TPSA) is 692 Å². The van der Waals surface area contributed by atoms with E-state index in [4.69, 9.17) is 38.1 Å². The van der Waals surface area contributed by atoms with Crippen molar-refractivity contribution in [2.45, 2.75) is 283 Å². The van der Waals surface area contributed by atoms with Crippen molar-refractivity contribution in [2.75, 3.05) is 26.7 Å². The summed E-state index contributed by atoms with van der Waals surface area (Å²) < 4.78 is 11.8. The molecule has 2 saturated heterocycles. The zero-order chi connectivity index (χ0) is 88.8. The molecule has 2 rings (SSSR count). The van der Waals surface area contributed by atoms with Gasteiger partial charge in [0.2, 0.25) is 82.7 Å². The van der Waals surface area contributed by atoms with E-state index in [-0.39, 0.29) is 57.4 Å². The lowest BCUT2D eigenvalue weighted by Gasteiger charge is -2.40. The Balaban J connectivity index is 3.24. The van der Waals surface area contributed by atoms with Gasteiger partial charge in [-0.1, -0.05) is 76.2 Å². The van der Waals surface area contributed by atoms with E-state index in [9.17, 15) is 97.8 Å². The number of aliphatic hydroxyl groups excluding tert-OH is 4. The van der Waals surface area contributed by atoms with Crippen molar-refractivity contribution in [1.82, 2.24) is 57.7 Å². The largest absolute Gasteiger partial charge is 0.481 e. The minimum atomic E-state index is -2.79. The van der Waals surface area contributed by atoms with Gasteiger partial charge in [0, 0.05) is 39.0 Å². The molecule has 15 amide bonds. The van der Waals surface area contributed by atoms with Gasteiger partial charge in [-0.05, 0) is 120 Å². The molecule has 0 aliphatic carbocycles. The van der Waals surface area contributed by atoms with Crippen LogP contribution in [0.5, 0.6) is 0 Å². The summed E-state index contributed by atoms with van der Waals surface area (Å²) in [5, 5.41) is 87.6. The highest BCUT2D eigenvalue weighted by Gasteiger charge is 2.49. The lowest BCUT2D eigenvalue weighted by atomic mass is 9.85. The normalized spacial score (nSPS) is 24.1. The van der Waals surface area contributed by atoms with Gasteiger partial charge >= 0.3 is 17.9 Å². The molecule has 0 aromatic carbocycles. The van der Waals surface area contributed by atoms with E-state index in [0.717, 1.165) is 23.8 Å². The molecular weight excluding hydrogens is 1530 g/mol. The summed E-state index contributed by atoms with van der Waals surface area (Å²) in [6, 6.07) is -22.2. The number of nitrogens with one attached hydrogen (secondary N) is 9. The summed E-state index contributed by atoms with van der Waals surface area (Å²) in [6.07, 6.45) is -17.7. The highest BCUT2D eigenvalue weighted by atomic mass is 16.5. The van der Waals surface area contributed by atoms with Crippen LogP contribution in [0.4, 0.5) is 0 Å². The third-order valence-corrected chi connectivity index (χ3v) is 20.8. The molecule has 2 aliphatic rings. The second kappa shape index (κ2) is 48.7. The van der Waals surface area contributed by atoms with Crippen LogP contribution < -0.4 is 76.5 Å². The molecule has 42 heteroatoms. The lowest BCUT2D eigenvalue weighted by Crippen LogP contribution is -2.66. The molecule has 658 valence electrons. The first-order chi connectivity index (χ1) is 53.9. The van der Waals surface area contributed by atoms with Gasteiger partial charge in [-0.15, -0.1) is 0 Å². The van der Waals surface area contributed by atoms with Crippen molar-refractivity contribution in [3.05, 3.63) is 0 Å². The number of carboxylic acids is 2. The molecular formula is C74H126N16O26. The van der Waals surface area contributed by atoms with E-state index >= 15 is 19.2 Å². The highest BCUT2D eigenvalue weighted by molar-refractivity contribution is 6.02. The number of aliphatic carboxylic acids is 2. The van der Waals surface area contributed by atoms with Gasteiger partial charge in [0.1, 0.15) is 72.6 Å². The Morgan fingerprint density at radius 1 is 0.603 bits per heavy atom. The number of carbonyl (C=O) groups is 18. The summed E-state index contributed by atoms with van der Waals surface area (Å²) in [6.45, 7) is 18.6. The number of hydrogen-bond acceptors (Lipinski definition) is 25. The summed E-state index contributed by atoms with van der Waals surface area (Å²) >= 11 is 0. The first-order valence-electron chi connectivity index (χ1n) is 39.1. The van der Waals surface area contributed by atoms with Crippen LogP contribution in [0.15, 0.2) is 0 Å². The molecule has 0 aromatic rings. The number of hydrogen-bond donors (Lipinski definition) is 20. The van der Waals surface area contributed by atoms with E-state index in [1.807, 2.05) is 13.8 Å². The Labute approximate surface area is 673 Å². The number of nitrogens with zero attached hydrogens (tertiary/aromatic N) is 2. The van der Waals surface area contributed by atoms with Crippen LogP contribution in [0.2, 0.25) is 0 Å². The third-order valence-electron chi connectivity index (χ3n) is 20.8. The Morgan fingerprint density at radius 3 is 1.72 bits per heavy atom. The molecule has 0 saturated carbocycles. The molecule has 42 nitrogen and oxygen atoms in total. The van der Waals surface area contributed by atoms with Gasteiger partial charge in [-0.25, -0.2) is 4.79 Å². The number of carboxylic acid groups (broad SMARTS) is 2. The van der Waals surface area contributed by atoms with E-state index in [1.165, 1.54) is 34.6 Å². The third kappa shape index (κ3) is 31.7.